The van der Waals surface area contributed by atoms with E-state index in [1.165, 1.54) is 0 Å². The summed E-state index contributed by atoms with van der Waals surface area (Å²) in [6.07, 6.45) is 3.30. The lowest BCUT2D eigenvalue weighted by atomic mass is 9.79. The molecule has 0 spiro atoms. The molecule has 1 aliphatic heterocycles. The number of aliphatic hydroxyl groups excluding tert-OH is 1. The van der Waals surface area contributed by atoms with Crippen LogP contribution in [0.2, 0.25) is 0 Å². The molecule has 138 valence electrons. The first kappa shape index (κ1) is 22.9. The molecule has 0 aliphatic carbocycles. The van der Waals surface area contributed by atoms with Crippen molar-refractivity contribution < 1.29 is 13.5 Å². The second-order valence-electron chi connectivity index (χ2n) is 6.12. The summed E-state index contributed by atoms with van der Waals surface area (Å²) in [5.41, 5.74) is 0.0128. The molecule has 8 heteroatoms. The molecular formula is C15H32IN3O3S. The second-order valence-corrected chi connectivity index (χ2v) is 8.35. The van der Waals surface area contributed by atoms with Crippen LogP contribution in [-0.4, -0.2) is 56.7 Å². The second kappa shape index (κ2) is 10.7. The van der Waals surface area contributed by atoms with Gasteiger partial charge in [-0.15, -0.1) is 24.0 Å². The Hall–Kier alpha value is -0.0900. The third-order valence-electron chi connectivity index (χ3n) is 4.63. The molecule has 1 saturated heterocycles. The molecule has 0 radical (unpaired) electrons. The normalized spacial score (nSPS) is 20.9. The lowest BCUT2D eigenvalue weighted by Crippen LogP contribution is -2.44. The predicted octanol–water partition coefficient (Wildman–Crippen LogP) is 1.54. The standard InChI is InChI=1S/C15H31N3O3S.HI/c1-4-15(5-2,8-9-19)12-17-14(16-6-3)18-13-7-10-22(20,21)11-13;/h13,19H,4-12H2,1-3H3,(H2,16,17,18);1H. The minimum absolute atomic E-state index is 0. The molecular weight excluding hydrogens is 429 g/mol. The quantitative estimate of drug-likeness (QED) is 0.290. The maximum Gasteiger partial charge on any atom is 0.191 e. The van der Waals surface area contributed by atoms with Crippen LogP contribution in [0.4, 0.5) is 0 Å². The molecule has 6 nitrogen and oxygen atoms in total. The van der Waals surface area contributed by atoms with Crippen molar-refractivity contribution in [1.29, 1.82) is 0 Å². The molecule has 0 amide bonds. The van der Waals surface area contributed by atoms with E-state index in [4.69, 9.17) is 0 Å². The summed E-state index contributed by atoms with van der Waals surface area (Å²) >= 11 is 0. The van der Waals surface area contributed by atoms with Crippen LogP contribution in [0.25, 0.3) is 0 Å². The van der Waals surface area contributed by atoms with Gasteiger partial charge in [0.25, 0.3) is 0 Å². The molecule has 1 fully saturated rings. The van der Waals surface area contributed by atoms with Gasteiger partial charge >= 0.3 is 0 Å². The summed E-state index contributed by atoms with van der Waals surface area (Å²) in [7, 11) is -2.90. The minimum atomic E-state index is -2.90. The predicted molar refractivity (Wildman–Crippen MR) is 106 cm³/mol. The van der Waals surface area contributed by atoms with Gasteiger partial charge in [-0.2, -0.15) is 0 Å². The largest absolute Gasteiger partial charge is 0.396 e. The summed E-state index contributed by atoms with van der Waals surface area (Å²) in [5, 5.41) is 15.7. The number of sulfone groups is 1. The van der Waals surface area contributed by atoms with Gasteiger partial charge in [0.15, 0.2) is 15.8 Å². The Labute approximate surface area is 157 Å². The van der Waals surface area contributed by atoms with Gasteiger partial charge < -0.3 is 15.7 Å². The van der Waals surface area contributed by atoms with Gasteiger partial charge in [0, 0.05) is 25.7 Å². The summed E-state index contributed by atoms with van der Waals surface area (Å²) in [5.74, 6) is 1.11. The average molecular weight is 461 g/mol. The van der Waals surface area contributed by atoms with Crippen molar-refractivity contribution in [2.45, 2.75) is 52.5 Å². The Balaban J connectivity index is 0.00000484. The number of guanidine groups is 1. The number of rotatable bonds is 8. The SMILES string of the molecule is CCNC(=NCC(CC)(CC)CCO)NC1CCS(=O)(=O)C1.I. The highest BCUT2D eigenvalue weighted by Gasteiger charge is 2.29. The highest BCUT2D eigenvalue weighted by molar-refractivity contribution is 14.0. The number of halogens is 1. The van der Waals surface area contributed by atoms with E-state index < -0.39 is 9.84 Å². The van der Waals surface area contributed by atoms with Crippen LogP contribution in [-0.2, 0) is 9.84 Å². The van der Waals surface area contributed by atoms with Crippen molar-refractivity contribution in [3.05, 3.63) is 0 Å². The Kier molecular flexibility index (Phi) is 10.7. The fraction of sp³-hybridized carbons (Fsp3) is 0.933. The van der Waals surface area contributed by atoms with Crippen LogP contribution in [0.3, 0.4) is 0 Å². The number of nitrogens with zero attached hydrogens (tertiary/aromatic N) is 1. The fourth-order valence-electron chi connectivity index (χ4n) is 2.81. The van der Waals surface area contributed by atoms with Gasteiger partial charge in [0.2, 0.25) is 0 Å². The van der Waals surface area contributed by atoms with Gasteiger partial charge in [-0.1, -0.05) is 13.8 Å². The van der Waals surface area contributed by atoms with Crippen molar-refractivity contribution in [2.24, 2.45) is 10.4 Å². The van der Waals surface area contributed by atoms with Gasteiger partial charge in [0.05, 0.1) is 11.5 Å². The third-order valence-corrected chi connectivity index (χ3v) is 6.40. The van der Waals surface area contributed by atoms with Gasteiger partial charge in [-0.3, -0.25) is 4.99 Å². The molecule has 0 bridgehead atoms. The van der Waals surface area contributed by atoms with Crippen LogP contribution in [0.15, 0.2) is 4.99 Å². The number of aliphatic imine (C=N–C) groups is 1. The zero-order valence-corrected chi connectivity index (χ0v) is 17.6. The Morgan fingerprint density at radius 2 is 1.96 bits per heavy atom. The van der Waals surface area contributed by atoms with E-state index in [0.717, 1.165) is 25.8 Å². The Bertz CT molecular complexity index is 465. The minimum Gasteiger partial charge on any atom is -0.396 e. The molecule has 1 aliphatic rings. The van der Waals surface area contributed by atoms with Gasteiger partial charge in [-0.25, -0.2) is 8.42 Å². The molecule has 0 saturated carbocycles. The summed E-state index contributed by atoms with van der Waals surface area (Å²) < 4.78 is 23.1. The highest BCUT2D eigenvalue weighted by atomic mass is 127. The number of aliphatic hydroxyl groups is 1. The van der Waals surface area contributed by atoms with Crippen LogP contribution < -0.4 is 10.6 Å². The van der Waals surface area contributed by atoms with Gasteiger partial charge in [0.1, 0.15) is 0 Å². The number of hydrogen-bond donors (Lipinski definition) is 3. The Morgan fingerprint density at radius 1 is 1.30 bits per heavy atom. The van der Waals surface area contributed by atoms with Crippen molar-refractivity contribution in [3.63, 3.8) is 0 Å². The third kappa shape index (κ3) is 7.55. The molecule has 23 heavy (non-hydrogen) atoms. The van der Waals surface area contributed by atoms with Crippen molar-refractivity contribution >= 4 is 39.8 Å². The highest BCUT2D eigenvalue weighted by Crippen LogP contribution is 2.30. The van der Waals surface area contributed by atoms with Crippen molar-refractivity contribution in [3.8, 4) is 0 Å². The fourth-order valence-corrected chi connectivity index (χ4v) is 4.49. The lowest BCUT2D eigenvalue weighted by Gasteiger charge is -2.29. The van der Waals surface area contributed by atoms with Gasteiger partial charge in [-0.05, 0) is 38.0 Å². The monoisotopic (exact) mass is 461 g/mol. The summed E-state index contributed by atoms with van der Waals surface area (Å²) in [6.45, 7) is 7.77. The number of hydrogen-bond acceptors (Lipinski definition) is 4. The molecule has 0 aromatic heterocycles. The van der Waals surface area contributed by atoms with Crippen molar-refractivity contribution in [2.75, 3.05) is 31.2 Å². The summed E-state index contributed by atoms with van der Waals surface area (Å²) in [4.78, 5) is 4.65. The van der Waals surface area contributed by atoms with Crippen LogP contribution in [0, 0.1) is 5.41 Å². The molecule has 1 rings (SSSR count). The molecule has 1 atom stereocenters. The van der Waals surface area contributed by atoms with E-state index in [2.05, 4.69) is 29.5 Å². The Morgan fingerprint density at radius 3 is 2.39 bits per heavy atom. The van der Waals surface area contributed by atoms with Crippen LogP contribution in [0.5, 0.6) is 0 Å². The van der Waals surface area contributed by atoms with Crippen molar-refractivity contribution in [1.82, 2.24) is 10.6 Å². The van der Waals surface area contributed by atoms with E-state index in [1.54, 1.807) is 0 Å². The molecule has 0 aromatic rings. The first-order valence-corrected chi connectivity index (χ1v) is 10.1. The molecule has 1 heterocycles. The lowest BCUT2D eigenvalue weighted by molar-refractivity contribution is 0.175. The summed E-state index contributed by atoms with van der Waals surface area (Å²) in [6, 6.07) is -0.0571. The maximum absolute atomic E-state index is 11.5. The zero-order valence-electron chi connectivity index (χ0n) is 14.5. The average Bonchev–Trinajstić information content (AvgIpc) is 2.82. The maximum atomic E-state index is 11.5. The van der Waals surface area contributed by atoms with E-state index in [9.17, 15) is 13.5 Å². The first-order valence-electron chi connectivity index (χ1n) is 8.26. The smallest absolute Gasteiger partial charge is 0.191 e. The van der Waals surface area contributed by atoms with E-state index >= 15 is 0 Å². The number of nitrogens with one attached hydrogen (secondary N) is 2. The molecule has 1 unspecified atom stereocenters. The topological polar surface area (TPSA) is 90.8 Å². The van der Waals surface area contributed by atoms with E-state index in [0.29, 0.717) is 18.9 Å². The van der Waals surface area contributed by atoms with Crippen LogP contribution >= 0.6 is 24.0 Å². The van der Waals surface area contributed by atoms with E-state index in [-0.39, 0.29) is 53.5 Å². The zero-order chi connectivity index (χ0) is 16.6. The molecule has 0 aromatic carbocycles. The molecule has 3 N–H and O–H groups in total. The van der Waals surface area contributed by atoms with Crippen LogP contribution in [0.1, 0.15) is 46.5 Å². The first-order chi connectivity index (χ1) is 10.4. The van der Waals surface area contributed by atoms with E-state index in [1.807, 2.05) is 6.92 Å².